The van der Waals surface area contributed by atoms with Crippen LogP contribution in [0.4, 0.5) is 0 Å². The Morgan fingerprint density at radius 3 is 2.94 bits per heavy atom. The summed E-state index contributed by atoms with van der Waals surface area (Å²) in [5, 5.41) is 19.0. The maximum atomic E-state index is 11.8. The van der Waals surface area contributed by atoms with Crippen LogP contribution in [0.3, 0.4) is 0 Å². The Hall–Kier alpha value is -1.75. The highest BCUT2D eigenvalue weighted by Gasteiger charge is 2.22. The number of carbonyl (C=O) groups is 1. The molecule has 98 valence electrons. The highest BCUT2D eigenvalue weighted by Crippen LogP contribution is 2.24. The second-order valence-electron chi connectivity index (χ2n) is 4.39. The highest BCUT2D eigenvalue weighted by molar-refractivity contribution is 5.78. The van der Waals surface area contributed by atoms with Crippen molar-refractivity contribution in [1.82, 2.24) is 4.90 Å². The Kier molecular flexibility index (Phi) is 4.04. The first-order chi connectivity index (χ1) is 8.66. The lowest BCUT2D eigenvalue weighted by atomic mass is 10.1. The molecule has 1 unspecified atom stereocenters. The summed E-state index contributed by atoms with van der Waals surface area (Å²) in [6.07, 6.45) is 1.11. The standard InChI is InChI=1S/C13H17NO4/c15-10-4-3-7-14(8-10)13(17)9-18-12-6-2-1-5-11(12)16/h1-2,5-6,10,15-16H,3-4,7-9H2. The number of ether oxygens (including phenoxy) is 1. The van der Waals surface area contributed by atoms with Crippen molar-refractivity contribution in [2.75, 3.05) is 19.7 Å². The fourth-order valence-corrected chi connectivity index (χ4v) is 1.99. The fraction of sp³-hybridized carbons (Fsp3) is 0.462. The van der Waals surface area contributed by atoms with Crippen molar-refractivity contribution in [3.63, 3.8) is 0 Å². The minimum atomic E-state index is -0.437. The van der Waals surface area contributed by atoms with Crippen LogP contribution in [0.15, 0.2) is 24.3 Å². The molecule has 1 heterocycles. The van der Waals surface area contributed by atoms with E-state index in [1.54, 1.807) is 23.1 Å². The van der Waals surface area contributed by atoms with Gasteiger partial charge < -0.3 is 19.8 Å². The Balaban J connectivity index is 1.86. The van der Waals surface area contributed by atoms with Crippen LogP contribution < -0.4 is 4.74 Å². The number of nitrogens with zero attached hydrogens (tertiary/aromatic N) is 1. The number of amides is 1. The number of rotatable bonds is 3. The first-order valence-electron chi connectivity index (χ1n) is 6.03. The second-order valence-corrected chi connectivity index (χ2v) is 4.39. The van der Waals surface area contributed by atoms with Gasteiger partial charge in [0.1, 0.15) is 0 Å². The van der Waals surface area contributed by atoms with E-state index in [-0.39, 0.29) is 18.3 Å². The van der Waals surface area contributed by atoms with Gasteiger partial charge >= 0.3 is 0 Å². The Labute approximate surface area is 106 Å². The number of hydrogen-bond acceptors (Lipinski definition) is 4. The Bertz CT molecular complexity index is 421. The van der Waals surface area contributed by atoms with Crippen LogP contribution in [0.2, 0.25) is 0 Å². The normalized spacial score (nSPS) is 19.6. The maximum Gasteiger partial charge on any atom is 0.260 e. The molecule has 1 aromatic carbocycles. The minimum Gasteiger partial charge on any atom is -0.504 e. The van der Waals surface area contributed by atoms with E-state index in [0.717, 1.165) is 12.8 Å². The molecule has 1 aliphatic rings. The summed E-state index contributed by atoms with van der Waals surface area (Å²) < 4.78 is 5.26. The van der Waals surface area contributed by atoms with E-state index in [1.165, 1.54) is 6.07 Å². The smallest absolute Gasteiger partial charge is 0.260 e. The van der Waals surface area contributed by atoms with Gasteiger partial charge in [-0.2, -0.15) is 0 Å². The molecule has 1 aliphatic heterocycles. The van der Waals surface area contributed by atoms with Gasteiger partial charge in [-0.15, -0.1) is 0 Å². The second kappa shape index (κ2) is 5.73. The molecule has 2 N–H and O–H groups in total. The quantitative estimate of drug-likeness (QED) is 0.832. The number of phenols is 1. The van der Waals surface area contributed by atoms with Gasteiger partial charge in [-0.25, -0.2) is 0 Å². The number of likely N-dealkylation sites (tertiary alicyclic amines) is 1. The van der Waals surface area contributed by atoms with E-state index < -0.39 is 6.10 Å². The summed E-state index contributed by atoms with van der Waals surface area (Å²) in [5.41, 5.74) is 0. The van der Waals surface area contributed by atoms with Crippen LogP contribution in [0.25, 0.3) is 0 Å². The number of aliphatic hydroxyl groups excluding tert-OH is 1. The van der Waals surface area contributed by atoms with Crippen molar-refractivity contribution in [1.29, 1.82) is 0 Å². The first kappa shape index (κ1) is 12.7. The fourth-order valence-electron chi connectivity index (χ4n) is 1.99. The zero-order chi connectivity index (χ0) is 13.0. The number of benzene rings is 1. The van der Waals surface area contributed by atoms with Gasteiger partial charge in [-0.05, 0) is 25.0 Å². The van der Waals surface area contributed by atoms with Gasteiger partial charge in [-0.1, -0.05) is 12.1 Å². The van der Waals surface area contributed by atoms with E-state index in [9.17, 15) is 15.0 Å². The number of hydrogen-bond donors (Lipinski definition) is 2. The van der Waals surface area contributed by atoms with Crippen molar-refractivity contribution in [2.24, 2.45) is 0 Å². The molecule has 1 saturated heterocycles. The molecule has 1 aromatic rings. The molecule has 5 nitrogen and oxygen atoms in total. The molecule has 1 atom stereocenters. The van der Waals surface area contributed by atoms with Crippen LogP contribution in [0.5, 0.6) is 11.5 Å². The van der Waals surface area contributed by atoms with E-state index in [2.05, 4.69) is 0 Å². The van der Waals surface area contributed by atoms with Crippen molar-refractivity contribution in [3.8, 4) is 11.5 Å². The zero-order valence-electron chi connectivity index (χ0n) is 10.1. The molecular weight excluding hydrogens is 234 g/mol. The molecule has 0 radical (unpaired) electrons. The van der Waals surface area contributed by atoms with Crippen LogP contribution in [0.1, 0.15) is 12.8 Å². The number of β-amino-alcohol motifs (C(OH)–C–C–N with tert-alkyl or cyclic N) is 1. The molecule has 0 aliphatic carbocycles. The van der Waals surface area contributed by atoms with Gasteiger partial charge in [-0.3, -0.25) is 4.79 Å². The van der Waals surface area contributed by atoms with Gasteiger partial charge in [0, 0.05) is 13.1 Å². The molecule has 5 heteroatoms. The van der Waals surface area contributed by atoms with Crippen LogP contribution in [-0.4, -0.2) is 46.8 Å². The monoisotopic (exact) mass is 251 g/mol. The summed E-state index contributed by atoms with van der Waals surface area (Å²) in [4.78, 5) is 13.4. The number of phenolic OH excluding ortho intramolecular Hbond substituents is 1. The maximum absolute atomic E-state index is 11.8. The van der Waals surface area contributed by atoms with Gasteiger partial charge in [0.2, 0.25) is 0 Å². The van der Waals surface area contributed by atoms with E-state index >= 15 is 0 Å². The topological polar surface area (TPSA) is 70.0 Å². The molecule has 0 spiro atoms. The van der Waals surface area contributed by atoms with Gasteiger partial charge in [0.05, 0.1) is 6.10 Å². The number of carbonyl (C=O) groups excluding carboxylic acids is 1. The van der Waals surface area contributed by atoms with E-state index in [0.29, 0.717) is 18.8 Å². The summed E-state index contributed by atoms with van der Waals surface area (Å²) in [5.74, 6) is 0.143. The average Bonchev–Trinajstić information content (AvgIpc) is 2.37. The molecule has 0 aromatic heterocycles. The van der Waals surface area contributed by atoms with E-state index in [4.69, 9.17) is 4.74 Å². The van der Waals surface area contributed by atoms with Crippen LogP contribution in [-0.2, 0) is 4.79 Å². The first-order valence-corrected chi connectivity index (χ1v) is 6.03. The summed E-state index contributed by atoms with van der Waals surface area (Å²) >= 11 is 0. The number of aliphatic hydroxyl groups is 1. The minimum absolute atomic E-state index is 0.0176. The summed E-state index contributed by atoms with van der Waals surface area (Å²) in [6.45, 7) is 0.896. The van der Waals surface area contributed by atoms with Crippen LogP contribution in [0, 0.1) is 0 Å². The molecule has 2 rings (SSSR count). The molecule has 1 amide bonds. The highest BCUT2D eigenvalue weighted by atomic mass is 16.5. The predicted molar refractivity (Wildman–Crippen MR) is 65.4 cm³/mol. The molecule has 0 saturated carbocycles. The lowest BCUT2D eigenvalue weighted by molar-refractivity contribution is -0.136. The third-order valence-corrected chi connectivity index (χ3v) is 2.97. The summed E-state index contributed by atoms with van der Waals surface area (Å²) in [7, 11) is 0. The van der Waals surface area contributed by atoms with Crippen molar-refractivity contribution in [3.05, 3.63) is 24.3 Å². The predicted octanol–water partition coefficient (Wildman–Crippen LogP) is 0.754. The number of aromatic hydroxyl groups is 1. The SMILES string of the molecule is O=C(COc1ccccc1O)N1CCCC(O)C1. The lowest BCUT2D eigenvalue weighted by Crippen LogP contribution is -2.44. The lowest BCUT2D eigenvalue weighted by Gasteiger charge is -2.30. The average molecular weight is 251 g/mol. The zero-order valence-corrected chi connectivity index (χ0v) is 10.1. The third-order valence-electron chi connectivity index (χ3n) is 2.97. The van der Waals surface area contributed by atoms with Crippen molar-refractivity contribution < 1.29 is 19.7 Å². The molecule has 1 fully saturated rings. The number of para-hydroxylation sites is 2. The third kappa shape index (κ3) is 3.13. The molecular formula is C13H17NO4. The van der Waals surface area contributed by atoms with Crippen LogP contribution >= 0.6 is 0 Å². The Morgan fingerprint density at radius 1 is 1.44 bits per heavy atom. The van der Waals surface area contributed by atoms with Gasteiger partial charge in [0.15, 0.2) is 18.1 Å². The summed E-state index contributed by atoms with van der Waals surface area (Å²) in [6, 6.07) is 6.52. The van der Waals surface area contributed by atoms with Gasteiger partial charge in [0.25, 0.3) is 5.91 Å². The van der Waals surface area contributed by atoms with Crippen molar-refractivity contribution >= 4 is 5.91 Å². The number of piperidine rings is 1. The van der Waals surface area contributed by atoms with Crippen molar-refractivity contribution in [2.45, 2.75) is 18.9 Å². The Morgan fingerprint density at radius 2 is 2.22 bits per heavy atom. The largest absolute Gasteiger partial charge is 0.504 e. The molecule has 18 heavy (non-hydrogen) atoms. The van der Waals surface area contributed by atoms with E-state index in [1.807, 2.05) is 0 Å². The molecule has 0 bridgehead atoms.